The van der Waals surface area contributed by atoms with Gasteiger partial charge in [-0.25, -0.2) is 14.4 Å². The van der Waals surface area contributed by atoms with Crippen LogP contribution in [-0.2, 0) is 14.2 Å². The van der Waals surface area contributed by atoms with E-state index >= 15 is 0 Å². The summed E-state index contributed by atoms with van der Waals surface area (Å²) in [6.07, 6.45) is 1.02. The molecule has 0 aliphatic heterocycles. The standard InChI is InChI=1S/C20H20N2O9/c1-4-29-18(24)14-11-21(12-7-9-13(10-8-12)22(27)28)16(20(26)31-6-3)15(17(14)23)19(25)30-5-2/h7-11H,4-6H2,1-3H3. The first kappa shape index (κ1) is 23.3. The molecular formula is C20H20N2O9. The van der Waals surface area contributed by atoms with E-state index in [0.29, 0.717) is 0 Å². The fourth-order valence-electron chi connectivity index (χ4n) is 2.70. The second-order valence-corrected chi connectivity index (χ2v) is 5.90. The molecule has 0 saturated carbocycles. The molecule has 0 aliphatic rings. The highest BCUT2D eigenvalue weighted by molar-refractivity contribution is 6.04. The molecule has 0 N–H and O–H groups in total. The molecule has 11 nitrogen and oxygen atoms in total. The van der Waals surface area contributed by atoms with Gasteiger partial charge in [-0.05, 0) is 32.9 Å². The molecule has 0 unspecified atom stereocenters. The largest absolute Gasteiger partial charge is 0.462 e. The minimum Gasteiger partial charge on any atom is -0.462 e. The zero-order valence-corrected chi connectivity index (χ0v) is 17.1. The number of rotatable bonds is 8. The van der Waals surface area contributed by atoms with Crippen molar-refractivity contribution in [3.63, 3.8) is 0 Å². The number of hydrogen-bond acceptors (Lipinski definition) is 9. The van der Waals surface area contributed by atoms with Gasteiger partial charge >= 0.3 is 17.9 Å². The Morgan fingerprint density at radius 2 is 1.42 bits per heavy atom. The van der Waals surface area contributed by atoms with Gasteiger partial charge in [0.15, 0.2) is 5.69 Å². The van der Waals surface area contributed by atoms with Crippen LogP contribution < -0.4 is 5.43 Å². The van der Waals surface area contributed by atoms with Crippen LogP contribution in [0.15, 0.2) is 35.3 Å². The van der Waals surface area contributed by atoms with Crippen LogP contribution in [0.3, 0.4) is 0 Å². The van der Waals surface area contributed by atoms with Crippen LogP contribution in [0.25, 0.3) is 5.69 Å². The maximum absolute atomic E-state index is 12.9. The molecule has 31 heavy (non-hydrogen) atoms. The molecule has 0 bridgehead atoms. The fourth-order valence-corrected chi connectivity index (χ4v) is 2.70. The van der Waals surface area contributed by atoms with Gasteiger partial charge in [-0.15, -0.1) is 0 Å². The van der Waals surface area contributed by atoms with Gasteiger partial charge in [-0.2, -0.15) is 0 Å². The van der Waals surface area contributed by atoms with E-state index in [-0.39, 0.29) is 31.2 Å². The van der Waals surface area contributed by atoms with Crippen LogP contribution in [0.4, 0.5) is 5.69 Å². The zero-order valence-electron chi connectivity index (χ0n) is 17.1. The monoisotopic (exact) mass is 432 g/mol. The predicted octanol–water partition coefficient (Wildman–Crippen LogP) is 2.28. The Bertz CT molecular complexity index is 1070. The second-order valence-electron chi connectivity index (χ2n) is 5.90. The maximum atomic E-state index is 12.9. The Hall–Kier alpha value is -4.02. The first-order valence-corrected chi connectivity index (χ1v) is 9.32. The molecule has 0 atom stereocenters. The summed E-state index contributed by atoms with van der Waals surface area (Å²) in [5, 5.41) is 10.9. The topological polar surface area (TPSA) is 144 Å². The number of pyridine rings is 1. The molecule has 164 valence electrons. The smallest absolute Gasteiger partial charge is 0.356 e. The number of carbonyl (C=O) groups is 3. The average molecular weight is 432 g/mol. The molecule has 0 saturated heterocycles. The van der Waals surface area contributed by atoms with Crippen LogP contribution in [-0.4, -0.2) is 47.2 Å². The molecule has 11 heteroatoms. The Labute approximate surface area is 176 Å². The van der Waals surface area contributed by atoms with Crippen molar-refractivity contribution in [2.75, 3.05) is 19.8 Å². The number of benzene rings is 1. The first-order valence-electron chi connectivity index (χ1n) is 9.32. The highest BCUT2D eigenvalue weighted by Gasteiger charge is 2.31. The number of nitro groups is 1. The summed E-state index contributed by atoms with van der Waals surface area (Å²) in [6.45, 7) is 4.38. The minimum absolute atomic E-state index is 0.0375. The Morgan fingerprint density at radius 3 is 1.94 bits per heavy atom. The zero-order chi connectivity index (χ0) is 23.1. The summed E-state index contributed by atoms with van der Waals surface area (Å²) in [5.74, 6) is -3.15. The molecule has 1 aromatic heterocycles. The van der Waals surface area contributed by atoms with Gasteiger partial charge in [-0.3, -0.25) is 14.9 Å². The van der Waals surface area contributed by atoms with E-state index < -0.39 is 45.1 Å². The average Bonchev–Trinajstić information content (AvgIpc) is 2.73. The van der Waals surface area contributed by atoms with E-state index in [2.05, 4.69) is 0 Å². The van der Waals surface area contributed by atoms with E-state index in [0.717, 1.165) is 22.9 Å². The number of nitro benzene ring substituents is 1. The SMILES string of the molecule is CCOC(=O)c1cn(-c2ccc([N+](=O)[O-])cc2)c(C(=O)OCC)c(C(=O)OCC)c1=O. The van der Waals surface area contributed by atoms with Crippen molar-refractivity contribution in [1.82, 2.24) is 4.57 Å². The lowest BCUT2D eigenvalue weighted by Gasteiger charge is -2.17. The Morgan fingerprint density at radius 1 is 0.903 bits per heavy atom. The van der Waals surface area contributed by atoms with E-state index in [9.17, 15) is 29.3 Å². The van der Waals surface area contributed by atoms with Gasteiger partial charge in [0.2, 0.25) is 5.43 Å². The summed E-state index contributed by atoms with van der Waals surface area (Å²) < 4.78 is 15.9. The molecule has 1 aromatic carbocycles. The number of carbonyl (C=O) groups excluding carboxylic acids is 3. The second kappa shape index (κ2) is 10.1. The third-order valence-electron chi connectivity index (χ3n) is 3.99. The lowest BCUT2D eigenvalue weighted by atomic mass is 10.1. The highest BCUT2D eigenvalue weighted by atomic mass is 16.6. The van der Waals surface area contributed by atoms with Gasteiger partial charge in [0.1, 0.15) is 11.1 Å². The van der Waals surface area contributed by atoms with E-state index in [4.69, 9.17) is 14.2 Å². The quantitative estimate of drug-likeness (QED) is 0.265. The number of non-ortho nitro benzene ring substituents is 1. The van der Waals surface area contributed by atoms with Crippen LogP contribution in [0.2, 0.25) is 0 Å². The van der Waals surface area contributed by atoms with Gasteiger partial charge in [0, 0.05) is 24.0 Å². The van der Waals surface area contributed by atoms with Crippen molar-refractivity contribution in [2.45, 2.75) is 20.8 Å². The fraction of sp³-hybridized carbons (Fsp3) is 0.300. The van der Waals surface area contributed by atoms with E-state index in [1.165, 1.54) is 32.9 Å². The van der Waals surface area contributed by atoms with Crippen molar-refractivity contribution in [3.8, 4) is 5.69 Å². The maximum Gasteiger partial charge on any atom is 0.356 e. The number of esters is 3. The molecular weight excluding hydrogens is 412 g/mol. The van der Waals surface area contributed by atoms with Crippen LogP contribution in [0.1, 0.15) is 52.0 Å². The van der Waals surface area contributed by atoms with Crippen molar-refractivity contribution in [2.24, 2.45) is 0 Å². The third-order valence-corrected chi connectivity index (χ3v) is 3.99. The van der Waals surface area contributed by atoms with E-state index in [1.807, 2.05) is 0 Å². The number of nitrogens with zero attached hydrogens (tertiary/aromatic N) is 2. The molecule has 0 fully saturated rings. The third kappa shape index (κ3) is 4.94. The molecule has 2 aromatic rings. The molecule has 0 aliphatic carbocycles. The van der Waals surface area contributed by atoms with E-state index in [1.54, 1.807) is 0 Å². The first-order chi connectivity index (χ1) is 14.8. The van der Waals surface area contributed by atoms with Crippen LogP contribution in [0, 0.1) is 10.1 Å². The summed E-state index contributed by atoms with van der Waals surface area (Å²) >= 11 is 0. The molecule has 0 radical (unpaired) electrons. The molecule has 0 spiro atoms. The van der Waals surface area contributed by atoms with Gasteiger partial charge < -0.3 is 18.8 Å². The van der Waals surface area contributed by atoms with Crippen LogP contribution >= 0.6 is 0 Å². The van der Waals surface area contributed by atoms with Crippen molar-refractivity contribution >= 4 is 23.6 Å². The van der Waals surface area contributed by atoms with Gasteiger partial charge in [0.25, 0.3) is 5.69 Å². The summed E-state index contributed by atoms with van der Waals surface area (Å²) in [5.41, 5.74) is -2.82. The lowest BCUT2D eigenvalue weighted by Crippen LogP contribution is -2.32. The van der Waals surface area contributed by atoms with Gasteiger partial charge in [0.05, 0.1) is 24.7 Å². The molecule has 1 heterocycles. The lowest BCUT2D eigenvalue weighted by molar-refractivity contribution is -0.384. The summed E-state index contributed by atoms with van der Waals surface area (Å²) in [4.78, 5) is 60.9. The number of hydrogen-bond donors (Lipinski definition) is 0. The Balaban J connectivity index is 2.91. The molecule has 0 amide bonds. The normalized spacial score (nSPS) is 10.3. The summed E-state index contributed by atoms with van der Waals surface area (Å²) in [7, 11) is 0. The Kier molecular flexibility index (Phi) is 7.61. The summed E-state index contributed by atoms with van der Waals surface area (Å²) in [6, 6.07) is 4.90. The van der Waals surface area contributed by atoms with Crippen LogP contribution in [0.5, 0.6) is 0 Å². The molecule has 2 rings (SSSR count). The minimum atomic E-state index is -1.13. The highest BCUT2D eigenvalue weighted by Crippen LogP contribution is 2.20. The van der Waals surface area contributed by atoms with Crippen molar-refractivity contribution < 1.29 is 33.5 Å². The number of ether oxygens (including phenoxy) is 3. The van der Waals surface area contributed by atoms with Gasteiger partial charge in [-0.1, -0.05) is 0 Å². The van der Waals surface area contributed by atoms with Crippen molar-refractivity contribution in [3.05, 3.63) is 67.6 Å². The number of aromatic nitrogens is 1. The predicted molar refractivity (Wildman–Crippen MR) is 107 cm³/mol. The van der Waals surface area contributed by atoms with Crippen molar-refractivity contribution in [1.29, 1.82) is 0 Å².